The zero-order valence-corrected chi connectivity index (χ0v) is 7.07. The van der Waals surface area contributed by atoms with Gasteiger partial charge in [-0.2, -0.15) is 8.78 Å². The van der Waals surface area contributed by atoms with E-state index in [2.05, 4.69) is 0 Å². The first-order chi connectivity index (χ1) is 6.34. The molecule has 1 aliphatic rings. The molecular weight excluding hydrogens is 206 g/mol. The smallest absolute Gasteiger partial charge is 0.383 e. The SMILES string of the molecule is O=C(NC1(CO)CC1)C(F)(F)C(F)F. The first-order valence-corrected chi connectivity index (χ1v) is 3.93. The van der Waals surface area contributed by atoms with Crippen molar-refractivity contribution in [1.82, 2.24) is 5.32 Å². The summed E-state index contributed by atoms with van der Waals surface area (Å²) in [6, 6.07) is 0. The van der Waals surface area contributed by atoms with Crippen LogP contribution in [0.2, 0.25) is 0 Å². The molecule has 82 valence electrons. The molecule has 3 nitrogen and oxygen atoms in total. The number of carbonyl (C=O) groups excluding carboxylic acids is 1. The summed E-state index contributed by atoms with van der Waals surface area (Å²) in [5.74, 6) is -6.72. The van der Waals surface area contributed by atoms with Gasteiger partial charge in [0.15, 0.2) is 0 Å². The predicted octanol–water partition coefficient (Wildman–Crippen LogP) is 0.528. The topological polar surface area (TPSA) is 49.3 Å². The number of aliphatic hydroxyl groups is 1. The van der Waals surface area contributed by atoms with Gasteiger partial charge in [0, 0.05) is 0 Å². The van der Waals surface area contributed by atoms with Crippen LogP contribution < -0.4 is 5.32 Å². The van der Waals surface area contributed by atoms with E-state index in [1.165, 1.54) is 0 Å². The van der Waals surface area contributed by atoms with Crippen molar-refractivity contribution in [2.75, 3.05) is 6.61 Å². The average molecular weight is 215 g/mol. The Morgan fingerprint density at radius 2 is 2.00 bits per heavy atom. The minimum Gasteiger partial charge on any atom is -0.394 e. The van der Waals surface area contributed by atoms with Crippen LogP contribution in [0, 0.1) is 0 Å². The van der Waals surface area contributed by atoms with Crippen LogP contribution in [-0.2, 0) is 4.79 Å². The largest absolute Gasteiger partial charge is 0.394 e. The Labute approximate surface area is 77.1 Å². The minimum atomic E-state index is -4.69. The van der Waals surface area contributed by atoms with Crippen LogP contribution in [0.5, 0.6) is 0 Å². The van der Waals surface area contributed by atoms with Crippen LogP contribution in [0.4, 0.5) is 17.6 Å². The Kier molecular flexibility index (Phi) is 2.71. The van der Waals surface area contributed by atoms with Gasteiger partial charge in [-0.3, -0.25) is 4.79 Å². The van der Waals surface area contributed by atoms with Gasteiger partial charge >= 0.3 is 12.3 Å². The number of aliphatic hydroxyl groups excluding tert-OH is 1. The van der Waals surface area contributed by atoms with Crippen molar-refractivity contribution in [3.8, 4) is 0 Å². The zero-order chi connectivity index (χ0) is 11.0. The van der Waals surface area contributed by atoms with Gasteiger partial charge < -0.3 is 10.4 Å². The van der Waals surface area contributed by atoms with Gasteiger partial charge in [-0.15, -0.1) is 0 Å². The van der Waals surface area contributed by atoms with E-state index in [4.69, 9.17) is 5.11 Å². The van der Waals surface area contributed by atoms with Gasteiger partial charge in [0.25, 0.3) is 5.91 Å². The summed E-state index contributed by atoms with van der Waals surface area (Å²) in [4.78, 5) is 10.7. The van der Waals surface area contributed by atoms with Crippen LogP contribution in [0.25, 0.3) is 0 Å². The quantitative estimate of drug-likeness (QED) is 0.672. The summed E-state index contributed by atoms with van der Waals surface area (Å²) >= 11 is 0. The van der Waals surface area contributed by atoms with E-state index < -0.39 is 30.4 Å². The van der Waals surface area contributed by atoms with Crippen molar-refractivity contribution in [1.29, 1.82) is 0 Å². The van der Waals surface area contributed by atoms with Crippen LogP contribution in [0.1, 0.15) is 12.8 Å². The molecule has 14 heavy (non-hydrogen) atoms. The van der Waals surface area contributed by atoms with E-state index >= 15 is 0 Å². The normalized spacial score (nSPS) is 19.6. The molecule has 0 aliphatic heterocycles. The molecule has 0 aromatic heterocycles. The van der Waals surface area contributed by atoms with Crippen molar-refractivity contribution in [2.24, 2.45) is 0 Å². The number of halogens is 4. The maximum Gasteiger partial charge on any atom is 0.383 e. The number of hydrogen-bond donors (Lipinski definition) is 2. The fourth-order valence-electron chi connectivity index (χ4n) is 0.897. The zero-order valence-electron chi connectivity index (χ0n) is 7.07. The van der Waals surface area contributed by atoms with Crippen LogP contribution >= 0.6 is 0 Å². The molecule has 0 heterocycles. The third kappa shape index (κ3) is 1.97. The van der Waals surface area contributed by atoms with E-state index in [1.54, 1.807) is 5.32 Å². The molecule has 0 saturated heterocycles. The van der Waals surface area contributed by atoms with Crippen molar-refractivity contribution < 1.29 is 27.5 Å². The molecule has 1 amide bonds. The van der Waals surface area contributed by atoms with Crippen LogP contribution in [-0.4, -0.2) is 35.5 Å². The highest BCUT2D eigenvalue weighted by molar-refractivity contribution is 5.84. The second-order valence-electron chi connectivity index (χ2n) is 3.32. The molecule has 1 rings (SSSR count). The van der Waals surface area contributed by atoms with Gasteiger partial charge in [-0.25, -0.2) is 8.78 Å². The van der Waals surface area contributed by atoms with E-state index in [1.807, 2.05) is 0 Å². The first-order valence-electron chi connectivity index (χ1n) is 3.93. The number of nitrogens with one attached hydrogen (secondary N) is 1. The summed E-state index contributed by atoms with van der Waals surface area (Å²) in [5, 5.41) is 10.4. The lowest BCUT2D eigenvalue weighted by Crippen LogP contribution is -2.51. The predicted molar refractivity (Wildman–Crippen MR) is 38.1 cm³/mol. The minimum absolute atomic E-state index is 0.328. The molecule has 1 saturated carbocycles. The molecule has 0 radical (unpaired) electrons. The van der Waals surface area contributed by atoms with Gasteiger partial charge in [-0.05, 0) is 12.8 Å². The van der Waals surface area contributed by atoms with Gasteiger partial charge in [0.05, 0.1) is 12.1 Å². The molecule has 0 bridgehead atoms. The summed E-state index contributed by atoms with van der Waals surface area (Å²) in [6.45, 7) is -0.516. The Morgan fingerprint density at radius 1 is 1.50 bits per heavy atom. The number of carbonyl (C=O) groups is 1. The number of alkyl halides is 4. The number of amides is 1. The monoisotopic (exact) mass is 215 g/mol. The first kappa shape index (κ1) is 11.2. The Morgan fingerprint density at radius 3 is 2.29 bits per heavy atom. The standard InChI is InChI=1S/C7H9F4NO2/c8-4(9)7(10,11)5(14)12-6(3-13)1-2-6/h4,13H,1-3H2,(H,12,14). The second-order valence-corrected chi connectivity index (χ2v) is 3.32. The van der Waals surface area contributed by atoms with Crippen molar-refractivity contribution in [2.45, 2.75) is 30.7 Å². The lowest BCUT2D eigenvalue weighted by Gasteiger charge is -2.19. The van der Waals surface area contributed by atoms with E-state index in [-0.39, 0.29) is 0 Å². The molecule has 0 unspecified atom stereocenters. The molecule has 0 atom stereocenters. The molecule has 0 aromatic carbocycles. The molecule has 1 aliphatic carbocycles. The molecule has 2 N–H and O–H groups in total. The van der Waals surface area contributed by atoms with E-state index in [9.17, 15) is 22.4 Å². The summed E-state index contributed by atoms with van der Waals surface area (Å²) in [6.07, 6.45) is -3.37. The average Bonchev–Trinajstić information content (AvgIpc) is 2.85. The molecule has 0 spiro atoms. The van der Waals surface area contributed by atoms with Crippen molar-refractivity contribution in [3.63, 3.8) is 0 Å². The highest BCUT2D eigenvalue weighted by Crippen LogP contribution is 2.36. The fraction of sp³-hybridized carbons (Fsp3) is 0.857. The highest BCUT2D eigenvalue weighted by atomic mass is 19.3. The van der Waals surface area contributed by atoms with Gasteiger partial charge in [-0.1, -0.05) is 0 Å². The van der Waals surface area contributed by atoms with E-state index in [0.717, 1.165) is 0 Å². The maximum absolute atomic E-state index is 12.4. The Balaban J connectivity index is 2.58. The lowest BCUT2D eigenvalue weighted by atomic mass is 10.2. The third-order valence-electron chi connectivity index (χ3n) is 2.11. The highest BCUT2D eigenvalue weighted by Gasteiger charge is 2.53. The van der Waals surface area contributed by atoms with Crippen LogP contribution in [0.3, 0.4) is 0 Å². The molecule has 0 aromatic rings. The van der Waals surface area contributed by atoms with Crippen LogP contribution in [0.15, 0.2) is 0 Å². The molecule has 7 heteroatoms. The fourth-order valence-corrected chi connectivity index (χ4v) is 0.897. The number of hydrogen-bond acceptors (Lipinski definition) is 2. The van der Waals surface area contributed by atoms with Gasteiger partial charge in [0.2, 0.25) is 0 Å². The second kappa shape index (κ2) is 3.38. The summed E-state index contributed by atoms with van der Waals surface area (Å²) in [7, 11) is 0. The van der Waals surface area contributed by atoms with Gasteiger partial charge in [0.1, 0.15) is 0 Å². The molecular formula is C7H9F4NO2. The maximum atomic E-state index is 12.4. The Hall–Kier alpha value is -0.850. The Bertz CT molecular complexity index is 240. The van der Waals surface area contributed by atoms with Crippen molar-refractivity contribution >= 4 is 5.91 Å². The third-order valence-corrected chi connectivity index (χ3v) is 2.11. The molecule has 1 fully saturated rings. The number of rotatable bonds is 4. The van der Waals surface area contributed by atoms with E-state index in [0.29, 0.717) is 12.8 Å². The summed E-state index contributed by atoms with van der Waals surface area (Å²) in [5.41, 5.74) is -1.10. The summed E-state index contributed by atoms with van der Waals surface area (Å²) < 4.78 is 48.2. The van der Waals surface area contributed by atoms with Crippen molar-refractivity contribution in [3.05, 3.63) is 0 Å². The lowest BCUT2D eigenvalue weighted by molar-refractivity contribution is -0.170.